The fraction of sp³-hybridized carbons (Fsp3) is 0.923. The van der Waals surface area contributed by atoms with E-state index >= 15 is 0 Å². The first-order chi connectivity index (χ1) is 11.2. The predicted octanol–water partition coefficient (Wildman–Crippen LogP) is 1.98. The second-order valence-electron chi connectivity index (χ2n) is 4.10. The summed E-state index contributed by atoms with van der Waals surface area (Å²) in [6.07, 6.45) is 2.65. The molecule has 0 heterocycles. The summed E-state index contributed by atoms with van der Waals surface area (Å²) < 4.78 is 60.5. The summed E-state index contributed by atoms with van der Waals surface area (Å²) in [5, 5.41) is 0. The van der Waals surface area contributed by atoms with Gasteiger partial charge in [-0.15, -0.1) is 0 Å². The lowest BCUT2D eigenvalue weighted by Gasteiger charge is -2.02. The molecule has 0 spiro atoms. The zero-order valence-electron chi connectivity index (χ0n) is 14.9. The Morgan fingerprint density at radius 3 is 0.833 bits per heavy atom. The average Bonchev–Trinajstić information content (AvgIpc) is 2.57. The van der Waals surface area contributed by atoms with Crippen molar-refractivity contribution in [3.63, 3.8) is 0 Å². The lowest BCUT2D eigenvalue weighted by Crippen LogP contribution is -2.11. The van der Waals surface area contributed by atoms with Gasteiger partial charge in [-0.2, -0.15) is 16.8 Å². The molecule has 0 saturated heterocycles. The summed E-state index contributed by atoms with van der Waals surface area (Å²) >= 11 is 0. The van der Waals surface area contributed by atoms with E-state index in [2.05, 4.69) is 16.7 Å². The van der Waals surface area contributed by atoms with Crippen LogP contribution in [0.5, 0.6) is 0 Å². The Balaban J connectivity index is -0.000000333. The van der Waals surface area contributed by atoms with Gasteiger partial charge in [0.2, 0.25) is 0 Å². The summed E-state index contributed by atoms with van der Waals surface area (Å²) in [5.74, 6) is 0. The molecule has 0 atom stereocenters. The third-order valence-corrected chi connectivity index (χ3v) is 3.55. The lowest BCUT2D eigenvalue weighted by molar-refractivity contribution is -0.0980. The van der Waals surface area contributed by atoms with Crippen LogP contribution in [0, 0.1) is 0 Å². The van der Waals surface area contributed by atoms with Gasteiger partial charge in [0.15, 0.2) is 0 Å². The van der Waals surface area contributed by atoms with Gasteiger partial charge >= 0.3 is 20.8 Å². The zero-order chi connectivity index (χ0) is 19.5. The largest absolute Gasteiger partial charge is 0.399 e. The van der Waals surface area contributed by atoms with Crippen molar-refractivity contribution in [2.24, 2.45) is 0 Å². The number of hydrogen-bond donors (Lipinski definition) is 0. The minimum Gasteiger partial charge on any atom is -0.307 e. The minimum atomic E-state index is -3.71. The van der Waals surface area contributed by atoms with Crippen LogP contribution in [0.3, 0.4) is 0 Å². The van der Waals surface area contributed by atoms with Crippen LogP contribution < -0.4 is 0 Å². The first-order valence-corrected chi connectivity index (χ1v) is 10.3. The molecule has 0 unspecified atom stereocenters. The molecule has 0 fully saturated rings. The molecule has 0 rings (SSSR count). The van der Waals surface area contributed by atoms with Gasteiger partial charge in [0.05, 0.1) is 26.4 Å². The molecule has 0 aromatic carbocycles. The Morgan fingerprint density at radius 1 is 0.542 bits per heavy atom. The molecule has 0 aliphatic rings. The molecule has 0 N–H and O–H groups in total. The zero-order valence-corrected chi connectivity index (χ0v) is 16.5. The van der Waals surface area contributed by atoms with Gasteiger partial charge in [0.25, 0.3) is 0 Å². The van der Waals surface area contributed by atoms with Crippen molar-refractivity contribution in [2.45, 2.75) is 53.4 Å². The Labute approximate surface area is 146 Å². The molecule has 0 saturated carbocycles. The molecular formula is C13H30O9S2. The first-order valence-electron chi connectivity index (χ1n) is 7.61. The van der Waals surface area contributed by atoms with Crippen LogP contribution >= 0.6 is 0 Å². The van der Waals surface area contributed by atoms with Crippen molar-refractivity contribution in [3.8, 4) is 0 Å². The standard InChI is InChI=1S/2C6H14O4S.CH2O/c2*1-3-5-9-11(7,8)10-6-4-2;1-2/h2*3-6H2,1-2H3;1H2. The molecule has 11 heteroatoms. The molecule has 0 aliphatic heterocycles. The molecule has 0 bridgehead atoms. The molecule has 148 valence electrons. The maximum Gasteiger partial charge on any atom is 0.399 e. The van der Waals surface area contributed by atoms with Crippen LogP contribution in [0.15, 0.2) is 0 Å². The highest BCUT2D eigenvalue weighted by atomic mass is 32.3. The summed E-state index contributed by atoms with van der Waals surface area (Å²) in [6, 6.07) is 0. The first kappa shape index (κ1) is 28.2. The van der Waals surface area contributed by atoms with Crippen LogP contribution in [0.2, 0.25) is 0 Å². The van der Waals surface area contributed by atoms with Gasteiger partial charge in [0.1, 0.15) is 6.79 Å². The Hall–Kier alpha value is -0.590. The molecule has 24 heavy (non-hydrogen) atoms. The highest BCUT2D eigenvalue weighted by Gasteiger charge is 2.09. The molecule has 0 aliphatic carbocycles. The van der Waals surface area contributed by atoms with Gasteiger partial charge in [-0.3, -0.25) is 0 Å². The smallest absolute Gasteiger partial charge is 0.307 e. The van der Waals surface area contributed by atoms with Crippen molar-refractivity contribution < 1.29 is 38.4 Å². The predicted molar refractivity (Wildman–Crippen MR) is 89.9 cm³/mol. The second-order valence-corrected chi connectivity index (χ2v) is 6.68. The van der Waals surface area contributed by atoms with Crippen molar-refractivity contribution in [2.75, 3.05) is 26.4 Å². The average molecular weight is 395 g/mol. The highest BCUT2D eigenvalue weighted by Crippen LogP contribution is 1.98. The van der Waals surface area contributed by atoms with Crippen molar-refractivity contribution in [3.05, 3.63) is 0 Å². The quantitative estimate of drug-likeness (QED) is 0.489. The molecule has 0 radical (unpaired) electrons. The van der Waals surface area contributed by atoms with E-state index < -0.39 is 20.8 Å². The van der Waals surface area contributed by atoms with E-state index in [0.717, 1.165) is 0 Å². The van der Waals surface area contributed by atoms with E-state index in [9.17, 15) is 16.8 Å². The molecule has 0 aromatic rings. The summed E-state index contributed by atoms with van der Waals surface area (Å²) in [6.45, 7) is 10.1. The van der Waals surface area contributed by atoms with Gasteiger partial charge in [-0.1, -0.05) is 27.7 Å². The van der Waals surface area contributed by atoms with Crippen LogP contribution in [-0.2, 0) is 42.3 Å². The summed E-state index contributed by atoms with van der Waals surface area (Å²) in [7, 11) is -7.41. The van der Waals surface area contributed by atoms with E-state index in [1.807, 2.05) is 34.5 Å². The number of rotatable bonds is 12. The second kappa shape index (κ2) is 18.7. The molecule has 9 nitrogen and oxygen atoms in total. The van der Waals surface area contributed by atoms with E-state index in [1.165, 1.54) is 0 Å². The van der Waals surface area contributed by atoms with Gasteiger partial charge in [-0.25, -0.2) is 16.7 Å². The summed E-state index contributed by atoms with van der Waals surface area (Å²) in [4.78, 5) is 8.00. The molecule has 0 aromatic heterocycles. The van der Waals surface area contributed by atoms with E-state index in [0.29, 0.717) is 25.7 Å². The van der Waals surface area contributed by atoms with Gasteiger partial charge in [0, 0.05) is 0 Å². The van der Waals surface area contributed by atoms with Crippen molar-refractivity contribution in [1.82, 2.24) is 0 Å². The normalized spacial score (nSPS) is 11.0. The highest BCUT2D eigenvalue weighted by molar-refractivity contribution is 7.82. The Bertz CT molecular complexity index is 376. The van der Waals surface area contributed by atoms with Gasteiger partial charge < -0.3 is 4.79 Å². The molecule has 0 amide bonds. The monoisotopic (exact) mass is 394 g/mol. The number of carbonyl (C=O) groups excluding carboxylic acids is 1. The Morgan fingerprint density at radius 2 is 0.708 bits per heavy atom. The fourth-order valence-corrected chi connectivity index (χ4v) is 2.43. The third kappa shape index (κ3) is 23.7. The Kier molecular flexibility index (Phi) is 22.0. The number of carbonyl (C=O) groups is 1. The maximum absolute atomic E-state index is 10.7. The number of hydrogen-bond acceptors (Lipinski definition) is 9. The van der Waals surface area contributed by atoms with Crippen LogP contribution in [0.1, 0.15) is 53.4 Å². The van der Waals surface area contributed by atoms with E-state index in [4.69, 9.17) is 4.79 Å². The minimum absolute atomic E-state index is 0.187. The van der Waals surface area contributed by atoms with Gasteiger partial charge in [-0.05, 0) is 25.7 Å². The summed E-state index contributed by atoms with van der Waals surface area (Å²) in [5.41, 5.74) is 0. The van der Waals surface area contributed by atoms with Crippen LogP contribution in [0.25, 0.3) is 0 Å². The molecular weight excluding hydrogens is 364 g/mol. The third-order valence-electron chi connectivity index (χ3n) is 1.73. The van der Waals surface area contributed by atoms with Crippen molar-refractivity contribution in [1.29, 1.82) is 0 Å². The SMILES string of the molecule is C=O.CCCOS(=O)(=O)OCCC.CCCOS(=O)(=O)OCCC. The van der Waals surface area contributed by atoms with Crippen molar-refractivity contribution >= 4 is 27.6 Å². The fourth-order valence-electron chi connectivity index (χ4n) is 0.810. The van der Waals surface area contributed by atoms with E-state index in [1.54, 1.807) is 0 Å². The lowest BCUT2D eigenvalue weighted by atomic mass is 10.5. The van der Waals surface area contributed by atoms with Crippen LogP contribution in [-0.4, -0.2) is 50.1 Å². The topological polar surface area (TPSA) is 122 Å². The maximum atomic E-state index is 10.7. The van der Waals surface area contributed by atoms with E-state index in [-0.39, 0.29) is 26.4 Å². The van der Waals surface area contributed by atoms with Crippen LogP contribution in [0.4, 0.5) is 0 Å².